The molecule has 0 spiro atoms. The molecule has 23 heavy (non-hydrogen) atoms. The topological polar surface area (TPSA) is 65.2 Å². The Labute approximate surface area is 135 Å². The zero-order valence-electron chi connectivity index (χ0n) is 13.5. The Morgan fingerprint density at radius 1 is 1.35 bits per heavy atom. The smallest absolute Gasteiger partial charge is 0.252 e. The van der Waals surface area contributed by atoms with E-state index < -0.39 is 0 Å². The Bertz CT molecular complexity index is 753. The van der Waals surface area contributed by atoms with E-state index in [0.29, 0.717) is 23.7 Å². The van der Waals surface area contributed by atoms with Gasteiger partial charge in [-0.1, -0.05) is 24.6 Å². The van der Waals surface area contributed by atoms with Crippen molar-refractivity contribution in [3.8, 4) is 0 Å². The molecule has 1 saturated heterocycles. The maximum absolute atomic E-state index is 12.5. The molecule has 2 heterocycles. The Hall–Kier alpha value is -2.14. The SMILES string of the molecule is C[C@H]1CCCCN1CCNC(=O)c1cc(=O)[nH]c2ccccc12. The van der Waals surface area contributed by atoms with Crippen LogP contribution in [0.4, 0.5) is 0 Å². The largest absolute Gasteiger partial charge is 0.351 e. The van der Waals surface area contributed by atoms with Gasteiger partial charge < -0.3 is 10.3 Å². The van der Waals surface area contributed by atoms with Crippen molar-refractivity contribution in [3.63, 3.8) is 0 Å². The number of fused-ring (bicyclic) bond motifs is 1. The first-order chi connectivity index (χ1) is 11.1. The van der Waals surface area contributed by atoms with Crippen LogP contribution >= 0.6 is 0 Å². The van der Waals surface area contributed by atoms with Gasteiger partial charge in [-0.05, 0) is 32.4 Å². The summed E-state index contributed by atoms with van der Waals surface area (Å²) in [6, 6.07) is 9.34. The van der Waals surface area contributed by atoms with Crippen molar-refractivity contribution >= 4 is 16.8 Å². The van der Waals surface area contributed by atoms with Gasteiger partial charge in [-0.15, -0.1) is 0 Å². The quantitative estimate of drug-likeness (QED) is 0.909. The van der Waals surface area contributed by atoms with Crippen LogP contribution in [-0.2, 0) is 0 Å². The molecule has 122 valence electrons. The summed E-state index contributed by atoms with van der Waals surface area (Å²) in [6.07, 6.45) is 3.76. The van der Waals surface area contributed by atoms with Crippen LogP contribution in [0.25, 0.3) is 10.9 Å². The molecular formula is C18H23N3O2. The molecule has 5 heteroatoms. The van der Waals surface area contributed by atoms with E-state index in [1.165, 1.54) is 25.3 Å². The lowest BCUT2D eigenvalue weighted by molar-refractivity contribution is 0.0940. The molecule has 2 N–H and O–H groups in total. The van der Waals surface area contributed by atoms with E-state index in [0.717, 1.165) is 18.5 Å². The number of para-hydroxylation sites is 1. The lowest BCUT2D eigenvalue weighted by Gasteiger charge is -2.33. The van der Waals surface area contributed by atoms with Gasteiger partial charge in [0.25, 0.3) is 5.91 Å². The Balaban J connectivity index is 1.68. The average Bonchev–Trinajstić information content (AvgIpc) is 2.55. The van der Waals surface area contributed by atoms with Crippen molar-refractivity contribution < 1.29 is 4.79 Å². The number of pyridine rings is 1. The van der Waals surface area contributed by atoms with Crippen LogP contribution in [0.15, 0.2) is 35.1 Å². The van der Waals surface area contributed by atoms with E-state index in [1.807, 2.05) is 24.3 Å². The lowest BCUT2D eigenvalue weighted by Crippen LogP contribution is -2.42. The molecule has 0 bridgehead atoms. The molecule has 1 atom stereocenters. The van der Waals surface area contributed by atoms with Crippen molar-refractivity contribution in [2.45, 2.75) is 32.2 Å². The minimum atomic E-state index is -0.251. The molecule has 5 nitrogen and oxygen atoms in total. The number of carbonyl (C=O) groups excluding carboxylic acids is 1. The molecule has 1 aliphatic rings. The second kappa shape index (κ2) is 6.96. The number of likely N-dealkylation sites (tertiary alicyclic amines) is 1. The van der Waals surface area contributed by atoms with Crippen molar-refractivity contribution in [2.75, 3.05) is 19.6 Å². The summed E-state index contributed by atoms with van der Waals surface area (Å²) in [5, 5.41) is 3.73. The van der Waals surface area contributed by atoms with Crippen LogP contribution in [0.3, 0.4) is 0 Å². The van der Waals surface area contributed by atoms with Gasteiger partial charge in [0.15, 0.2) is 0 Å². The number of rotatable bonds is 4. The first-order valence-corrected chi connectivity index (χ1v) is 8.29. The normalized spacial score (nSPS) is 18.9. The van der Waals surface area contributed by atoms with Crippen LogP contribution in [0.1, 0.15) is 36.5 Å². The fraction of sp³-hybridized carbons (Fsp3) is 0.444. The van der Waals surface area contributed by atoms with Crippen LogP contribution in [0, 0.1) is 0 Å². The van der Waals surface area contributed by atoms with E-state index in [4.69, 9.17) is 0 Å². The number of H-pyrrole nitrogens is 1. The predicted octanol–water partition coefficient (Wildman–Crippen LogP) is 2.13. The summed E-state index contributed by atoms with van der Waals surface area (Å²) in [4.78, 5) is 29.4. The van der Waals surface area contributed by atoms with E-state index in [2.05, 4.69) is 22.1 Å². The number of piperidine rings is 1. The Morgan fingerprint density at radius 2 is 2.17 bits per heavy atom. The molecule has 1 aromatic carbocycles. The number of nitrogens with one attached hydrogen (secondary N) is 2. The fourth-order valence-electron chi connectivity index (χ4n) is 3.29. The number of hydrogen-bond acceptors (Lipinski definition) is 3. The fourth-order valence-corrected chi connectivity index (χ4v) is 3.29. The summed E-state index contributed by atoms with van der Waals surface area (Å²) in [7, 11) is 0. The highest BCUT2D eigenvalue weighted by Crippen LogP contribution is 2.16. The summed E-state index contributed by atoms with van der Waals surface area (Å²) in [5.41, 5.74) is 0.879. The number of benzene rings is 1. The van der Waals surface area contributed by atoms with Gasteiger partial charge >= 0.3 is 0 Å². The van der Waals surface area contributed by atoms with Crippen LogP contribution in [0.2, 0.25) is 0 Å². The molecule has 2 aromatic rings. The monoisotopic (exact) mass is 313 g/mol. The van der Waals surface area contributed by atoms with Gasteiger partial charge in [-0.25, -0.2) is 0 Å². The summed E-state index contributed by atoms with van der Waals surface area (Å²) < 4.78 is 0. The lowest BCUT2D eigenvalue weighted by atomic mass is 10.0. The maximum Gasteiger partial charge on any atom is 0.252 e. The first-order valence-electron chi connectivity index (χ1n) is 8.29. The zero-order chi connectivity index (χ0) is 16.2. The average molecular weight is 313 g/mol. The highest BCUT2D eigenvalue weighted by atomic mass is 16.2. The predicted molar refractivity (Wildman–Crippen MR) is 91.8 cm³/mol. The van der Waals surface area contributed by atoms with E-state index in [-0.39, 0.29) is 11.5 Å². The van der Waals surface area contributed by atoms with Gasteiger partial charge in [-0.3, -0.25) is 14.5 Å². The third kappa shape index (κ3) is 3.62. The highest BCUT2D eigenvalue weighted by Gasteiger charge is 2.18. The summed E-state index contributed by atoms with van der Waals surface area (Å²) in [5.74, 6) is -0.183. The molecule has 1 fully saturated rings. The molecule has 1 aliphatic heterocycles. The van der Waals surface area contributed by atoms with Gasteiger partial charge in [-0.2, -0.15) is 0 Å². The van der Waals surface area contributed by atoms with E-state index >= 15 is 0 Å². The Morgan fingerprint density at radius 3 is 3.00 bits per heavy atom. The molecule has 1 aromatic heterocycles. The molecule has 1 amide bonds. The van der Waals surface area contributed by atoms with E-state index in [1.54, 1.807) is 0 Å². The second-order valence-corrected chi connectivity index (χ2v) is 6.23. The van der Waals surface area contributed by atoms with Crippen LogP contribution in [-0.4, -0.2) is 41.5 Å². The number of amides is 1. The first kappa shape index (κ1) is 15.7. The molecule has 0 aliphatic carbocycles. The number of carbonyl (C=O) groups is 1. The molecule has 0 saturated carbocycles. The Kier molecular flexibility index (Phi) is 4.76. The minimum absolute atomic E-state index is 0.183. The minimum Gasteiger partial charge on any atom is -0.351 e. The number of aromatic amines is 1. The number of hydrogen-bond donors (Lipinski definition) is 2. The van der Waals surface area contributed by atoms with Crippen LogP contribution < -0.4 is 10.9 Å². The van der Waals surface area contributed by atoms with Gasteiger partial charge in [0.1, 0.15) is 0 Å². The van der Waals surface area contributed by atoms with Gasteiger partial charge in [0.05, 0.1) is 5.56 Å². The standard InChI is InChI=1S/C18H23N3O2/c1-13-6-4-5-10-21(13)11-9-19-18(23)15-12-17(22)20-16-8-3-2-7-14(15)16/h2-3,7-8,12-13H,4-6,9-11H2,1H3,(H,19,23)(H,20,22)/t13-/m0/s1. The molecule has 0 radical (unpaired) electrons. The van der Waals surface area contributed by atoms with E-state index in [9.17, 15) is 9.59 Å². The third-order valence-electron chi connectivity index (χ3n) is 4.62. The maximum atomic E-state index is 12.5. The van der Waals surface area contributed by atoms with Crippen LogP contribution in [0.5, 0.6) is 0 Å². The second-order valence-electron chi connectivity index (χ2n) is 6.23. The van der Waals surface area contributed by atoms with Crippen molar-refractivity contribution in [2.24, 2.45) is 0 Å². The molecule has 3 rings (SSSR count). The van der Waals surface area contributed by atoms with Crippen molar-refractivity contribution in [3.05, 3.63) is 46.2 Å². The van der Waals surface area contributed by atoms with Crippen molar-refractivity contribution in [1.82, 2.24) is 15.2 Å². The summed E-state index contributed by atoms with van der Waals surface area (Å²) >= 11 is 0. The van der Waals surface area contributed by atoms with Gasteiger partial charge in [0, 0.05) is 36.1 Å². The number of aromatic nitrogens is 1. The molecular weight excluding hydrogens is 290 g/mol. The van der Waals surface area contributed by atoms with Gasteiger partial charge in [0.2, 0.25) is 5.56 Å². The van der Waals surface area contributed by atoms with Crippen molar-refractivity contribution in [1.29, 1.82) is 0 Å². The number of nitrogens with zero attached hydrogens (tertiary/aromatic N) is 1. The third-order valence-corrected chi connectivity index (χ3v) is 4.62. The highest BCUT2D eigenvalue weighted by molar-refractivity contribution is 6.05. The summed E-state index contributed by atoms with van der Waals surface area (Å²) in [6.45, 7) is 4.80. The molecule has 0 unspecified atom stereocenters. The zero-order valence-corrected chi connectivity index (χ0v) is 13.5.